The van der Waals surface area contributed by atoms with Crippen LogP contribution in [0, 0.1) is 0 Å². The summed E-state index contributed by atoms with van der Waals surface area (Å²) in [6.45, 7) is 0. The predicted octanol–water partition coefficient (Wildman–Crippen LogP) is 13.6. The Hall–Kier alpha value is -7.76. The van der Waals surface area contributed by atoms with Crippen molar-refractivity contribution in [3.05, 3.63) is 194 Å². The van der Waals surface area contributed by atoms with Crippen molar-refractivity contribution < 1.29 is 4.42 Å². The fraction of sp³-hybridized carbons (Fsp3) is 0. The highest BCUT2D eigenvalue weighted by Gasteiger charge is 2.23. The highest BCUT2D eigenvalue weighted by Crippen LogP contribution is 2.43. The lowest BCUT2D eigenvalue weighted by atomic mass is 10.0. The molecule has 12 aromatic rings. The topological polar surface area (TPSA) is 48.8 Å². The van der Waals surface area contributed by atoms with E-state index in [9.17, 15) is 0 Å². The molecule has 0 N–H and O–H groups in total. The molecule has 0 bridgehead atoms. The van der Waals surface area contributed by atoms with Gasteiger partial charge in [0.05, 0.1) is 39.1 Å². The number of fused-ring (bicyclic) bond motifs is 10. The van der Waals surface area contributed by atoms with Crippen LogP contribution in [0.15, 0.2) is 199 Å². The van der Waals surface area contributed by atoms with Crippen LogP contribution in [0.5, 0.6) is 0 Å². The molecule has 57 heavy (non-hydrogen) atoms. The van der Waals surface area contributed by atoms with Crippen LogP contribution in [-0.2, 0) is 0 Å². The molecule has 12 rings (SSSR count). The summed E-state index contributed by atoms with van der Waals surface area (Å²) < 4.78 is 11.2. The molecule has 0 aliphatic heterocycles. The third-order valence-electron chi connectivity index (χ3n) is 11.3. The van der Waals surface area contributed by atoms with Gasteiger partial charge in [-0.15, -0.1) is 0 Å². The summed E-state index contributed by atoms with van der Waals surface area (Å²) in [5, 5.41) is 6.98. The third kappa shape index (κ3) is 4.82. The van der Waals surface area contributed by atoms with Crippen molar-refractivity contribution in [1.82, 2.24) is 19.1 Å². The molecule has 0 amide bonds. The molecule has 0 saturated carbocycles. The van der Waals surface area contributed by atoms with E-state index < -0.39 is 0 Å². The number of furan rings is 1. The molecule has 0 unspecified atom stereocenters. The third-order valence-corrected chi connectivity index (χ3v) is 11.3. The Morgan fingerprint density at radius 2 is 0.912 bits per heavy atom. The lowest BCUT2D eigenvalue weighted by Crippen LogP contribution is -2.02. The predicted molar refractivity (Wildman–Crippen MR) is 234 cm³/mol. The first kappa shape index (κ1) is 31.6. The second-order valence-electron chi connectivity index (χ2n) is 14.6. The second kappa shape index (κ2) is 12.4. The van der Waals surface area contributed by atoms with Gasteiger partial charge >= 0.3 is 0 Å². The summed E-state index contributed by atoms with van der Waals surface area (Å²) in [5.41, 5.74) is 13.0. The largest absolute Gasteiger partial charge is 0.456 e. The molecule has 4 aromatic heterocycles. The molecule has 0 aliphatic rings. The van der Waals surface area contributed by atoms with E-state index in [1.165, 1.54) is 27.1 Å². The van der Waals surface area contributed by atoms with Crippen LogP contribution in [0.4, 0.5) is 0 Å². The summed E-state index contributed by atoms with van der Waals surface area (Å²) in [7, 11) is 0. The Kier molecular flexibility index (Phi) is 6.86. The van der Waals surface area contributed by atoms with Crippen LogP contribution in [0.2, 0.25) is 0 Å². The Bertz CT molecular complexity index is 3520. The van der Waals surface area contributed by atoms with E-state index >= 15 is 0 Å². The van der Waals surface area contributed by atoms with Gasteiger partial charge in [0.1, 0.15) is 11.2 Å². The quantitative estimate of drug-likeness (QED) is 0.177. The first-order valence-electron chi connectivity index (χ1n) is 19.3. The zero-order chi connectivity index (χ0) is 37.5. The Labute approximate surface area is 327 Å². The number of rotatable bonds is 5. The van der Waals surface area contributed by atoms with Gasteiger partial charge in [0, 0.05) is 54.7 Å². The zero-order valence-corrected chi connectivity index (χ0v) is 30.7. The van der Waals surface area contributed by atoms with Gasteiger partial charge in [-0.3, -0.25) is 0 Å². The summed E-state index contributed by atoms with van der Waals surface area (Å²) >= 11 is 0. The van der Waals surface area contributed by atoms with Gasteiger partial charge in [-0.25, -0.2) is 9.97 Å². The lowest BCUT2D eigenvalue weighted by Gasteiger charge is -2.16. The van der Waals surface area contributed by atoms with E-state index in [2.05, 4.69) is 185 Å². The summed E-state index contributed by atoms with van der Waals surface area (Å²) in [6, 6.07) is 68.3. The first-order chi connectivity index (χ1) is 28.3. The SMILES string of the molecule is c1ccc(-c2cc(-c3ccc4c(c3)oc3ccccc34)nc(-c3ccccc3-n3c4ccccc4c4ccc5c6ccccc6n(-c6ccccc6)c5c43)n2)cc1. The number of aromatic nitrogens is 4. The summed E-state index contributed by atoms with van der Waals surface area (Å²) in [5.74, 6) is 0.647. The molecule has 0 atom stereocenters. The molecule has 4 heterocycles. The first-order valence-corrected chi connectivity index (χ1v) is 19.3. The summed E-state index contributed by atoms with van der Waals surface area (Å²) in [4.78, 5) is 10.7. The van der Waals surface area contributed by atoms with E-state index in [1.807, 2.05) is 18.2 Å². The molecule has 0 radical (unpaired) electrons. The number of hydrogen-bond acceptors (Lipinski definition) is 3. The maximum atomic E-state index is 6.34. The van der Waals surface area contributed by atoms with Crippen LogP contribution in [-0.4, -0.2) is 19.1 Å². The fourth-order valence-corrected chi connectivity index (χ4v) is 8.81. The van der Waals surface area contributed by atoms with Gasteiger partial charge in [-0.05, 0) is 60.7 Å². The minimum Gasteiger partial charge on any atom is -0.456 e. The number of para-hydroxylation sites is 5. The van der Waals surface area contributed by atoms with Crippen molar-refractivity contribution in [3.63, 3.8) is 0 Å². The molecular formula is C52H32N4O. The molecule has 0 aliphatic carbocycles. The van der Waals surface area contributed by atoms with Crippen LogP contribution in [0.1, 0.15) is 0 Å². The van der Waals surface area contributed by atoms with E-state index in [1.54, 1.807) is 0 Å². The van der Waals surface area contributed by atoms with Crippen LogP contribution in [0.3, 0.4) is 0 Å². The second-order valence-corrected chi connectivity index (χ2v) is 14.6. The Morgan fingerprint density at radius 1 is 0.368 bits per heavy atom. The number of hydrogen-bond donors (Lipinski definition) is 0. The average Bonchev–Trinajstić information content (AvgIpc) is 3.94. The number of nitrogens with zero attached hydrogens (tertiary/aromatic N) is 4. The molecule has 266 valence electrons. The van der Waals surface area contributed by atoms with Crippen LogP contribution < -0.4 is 0 Å². The van der Waals surface area contributed by atoms with Crippen LogP contribution in [0.25, 0.3) is 111 Å². The Balaban J connectivity index is 1.16. The Morgan fingerprint density at radius 3 is 1.67 bits per heavy atom. The van der Waals surface area contributed by atoms with Crippen molar-refractivity contribution in [2.45, 2.75) is 0 Å². The smallest absolute Gasteiger partial charge is 0.162 e. The minimum absolute atomic E-state index is 0.647. The van der Waals surface area contributed by atoms with E-state index in [0.29, 0.717) is 5.82 Å². The molecule has 5 nitrogen and oxygen atoms in total. The minimum atomic E-state index is 0.647. The van der Waals surface area contributed by atoms with Crippen molar-refractivity contribution in [2.24, 2.45) is 0 Å². The van der Waals surface area contributed by atoms with Gasteiger partial charge in [-0.1, -0.05) is 133 Å². The van der Waals surface area contributed by atoms with Gasteiger partial charge in [-0.2, -0.15) is 0 Å². The fourth-order valence-electron chi connectivity index (χ4n) is 8.81. The lowest BCUT2D eigenvalue weighted by molar-refractivity contribution is 0.669. The number of benzene rings is 8. The van der Waals surface area contributed by atoms with Crippen molar-refractivity contribution in [3.8, 4) is 45.3 Å². The van der Waals surface area contributed by atoms with E-state index in [0.717, 1.165) is 77.9 Å². The van der Waals surface area contributed by atoms with Gasteiger partial charge < -0.3 is 13.6 Å². The van der Waals surface area contributed by atoms with Crippen LogP contribution >= 0.6 is 0 Å². The van der Waals surface area contributed by atoms with E-state index in [4.69, 9.17) is 14.4 Å². The highest BCUT2D eigenvalue weighted by molar-refractivity contribution is 6.24. The van der Waals surface area contributed by atoms with Gasteiger partial charge in [0.15, 0.2) is 5.82 Å². The maximum Gasteiger partial charge on any atom is 0.162 e. The molecular weight excluding hydrogens is 697 g/mol. The van der Waals surface area contributed by atoms with Gasteiger partial charge in [0.2, 0.25) is 0 Å². The molecule has 0 saturated heterocycles. The summed E-state index contributed by atoms with van der Waals surface area (Å²) in [6.07, 6.45) is 0. The average molecular weight is 729 g/mol. The molecule has 5 heteroatoms. The van der Waals surface area contributed by atoms with Crippen molar-refractivity contribution in [2.75, 3.05) is 0 Å². The monoisotopic (exact) mass is 728 g/mol. The highest BCUT2D eigenvalue weighted by atomic mass is 16.3. The zero-order valence-electron chi connectivity index (χ0n) is 30.7. The maximum absolute atomic E-state index is 6.34. The molecule has 0 spiro atoms. The van der Waals surface area contributed by atoms with E-state index in [-0.39, 0.29) is 0 Å². The van der Waals surface area contributed by atoms with Crippen molar-refractivity contribution >= 4 is 65.6 Å². The standard InChI is InChI=1S/C52H32N4O/c1-3-15-33(16-4-1)43-32-44(34-27-28-39-38-21-10-14-26-48(38)57-49(39)31-34)54-52(53-43)42-22-9-13-25-47(42)56-46-24-12-8-20-37(46)41-30-29-40-36-19-7-11-23-45(36)55(50(40)51(41)56)35-17-5-2-6-18-35/h1-32H. The molecule has 8 aromatic carbocycles. The van der Waals surface area contributed by atoms with Gasteiger partial charge in [0.25, 0.3) is 0 Å². The van der Waals surface area contributed by atoms with Crippen molar-refractivity contribution in [1.29, 1.82) is 0 Å². The molecule has 0 fully saturated rings. The normalized spacial score (nSPS) is 11.9.